The van der Waals surface area contributed by atoms with Crippen LogP contribution in [0.1, 0.15) is 89.7 Å². The second-order valence-corrected chi connectivity index (χ2v) is 13.1. The summed E-state index contributed by atoms with van der Waals surface area (Å²) in [5.41, 5.74) is 5.83. The smallest absolute Gasteiger partial charge is 0.374 e. The maximum Gasteiger partial charge on any atom is 0.500 e. The van der Waals surface area contributed by atoms with E-state index < -0.39 is 8.80 Å². The lowest BCUT2D eigenvalue weighted by Gasteiger charge is -2.30. The summed E-state index contributed by atoms with van der Waals surface area (Å²) < 4.78 is 18.0. The molecule has 0 radical (unpaired) electrons. The first-order chi connectivity index (χ1) is 18.0. The Morgan fingerprint density at radius 3 is 1.86 bits per heavy atom. The molecule has 0 spiro atoms. The van der Waals surface area contributed by atoms with Crippen LogP contribution in [0, 0.1) is 5.92 Å². The summed E-state index contributed by atoms with van der Waals surface area (Å²) in [5, 5.41) is 0. The Balaban J connectivity index is 1.44. The Morgan fingerprint density at radius 1 is 0.811 bits per heavy atom. The van der Waals surface area contributed by atoms with Gasteiger partial charge in [-0.2, -0.15) is 0 Å². The van der Waals surface area contributed by atoms with Gasteiger partial charge in [-0.25, -0.2) is 4.79 Å². The number of benzene rings is 2. The third kappa shape index (κ3) is 9.05. The molecule has 1 aliphatic carbocycles. The van der Waals surface area contributed by atoms with Crippen molar-refractivity contribution in [3.63, 3.8) is 0 Å². The molecule has 4 nitrogen and oxygen atoms in total. The van der Waals surface area contributed by atoms with Gasteiger partial charge in [0.2, 0.25) is 0 Å². The summed E-state index contributed by atoms with van der Waals surface area (Å²) in [7, 11) is -2.49. The van der Waals surface area contributed by atoms with E-state index in [1.54, 1.807) is 0 Å². The molecule has 3 rings (SSSR count). The summed E-state index contributed by atoms with van der Waals surface area (Å²) in [6.07, 6.45) is 9.56. The molecule has 2 aromatic rings. The van der Waals surface area contributed by atoms with Gasteiger partial charge in [0.1, 0.15) is 5.94 Å². The highest BCUT2D eigenvalue weighted by molar-refractivity contribution is 6.60. The van der Waals surface area contributed by atoms with E-state index in [9.17, 15) is 4.79 Å². The minimum absolute atomic E-state index is 0.656. The molecular formula is C32H46O4Si. The van der Waals surface area contributed by atoms with Crippen LogP contribution in [-0.2, 0) is 24.5 Å². The predicted molar refractivity (Wildman–Crippen MR) is 154 cm³/mol. The monoisotopic (exact) mass is 522 g/mol. The van der Waals surface area contributed by atoms with Crippen molar-refractivity contribution in [3.05, 3.63) is 65.2 Å². The Bertz CT molecular complexity index is 954. The molecule has 2 aromatic carbocycles. The van der Waals surface area contributed by atoms with Crippen molar-refractivity contribution >= 4 is 14.7 Å². The van der Waals surface area contributed by atoms with Gasteiger partial charge in [-0.1, -0.05) is 61.4 Å². The zero-order chi connectivity index (χ0) is 26.5. The first-order valence-corrected chi connectivity index (χ1v) is 16.3. The van der Waals surface area contributed by atoms with Crippen LogP contribution in [0.4, 0.5) is 0 Å². The fraction of sp³-hybridized carbons (Fsp3) is 0.562. The van der Waals surface area contributed by atoms with Crippen molar-refractivity contribution in [2.75, 3.05) is 19.8 Å². The zero-order valence-electron chi connectivity index (χ0n) is 23.4. The van der Waals surface area contributed by atoms with E-state index in [4.69, 9.17) is 13.3 Å². The van der Waals surface area contributed by atoms with Crippen molar-refractivity contribution in [2.24, 2.45) is 5.92 Å². The number of rotatable bonds is 15. The van der Waals surface area contributed by atoms with E-state index >= 15 is 0 Å². The number of unbranched alkanes of at least 4 members (excludes halogenated alkanes) is 1. The maximum absolute atomic E-state index is 10.8. The van der Waals surface area contributed by atoms with E-state index in [1.807, 2.05) is 33.6 Å². The summed E-state index contributed by atoms with van der Waals surface area (Å²) in [5.74, 6) is 3.51. The predicted octanol–water partition coefficient (Wildman–Crippen LogP) is 8.17. The molecule has 0 amide bonds. The van der Waals surface area contributed by atoms with E-state index in [2.05, 4.69) is 48.5 Å². The van der Waals surface area contributed by atoms with Gasteiger partial charge in [0.15, 0.2) is 0 Å². The Hall–Kier alpha value is -2.01. The average molecular weight is 523 g/mol. The molecule has 0 aromatic heterocycles. The first-order valence-electron chi connectivity index (χ1n) is 14.3. The highest BCUT2D eigenvalue weighted by atomic mass is 28.4. The van der Waals surface area contributed by atoms with Crippen LogP contribution < -0.4 is 0 Å². The van der Waals surface area contributed by atoms with Crippen LogP contribution in [0.15, 0.2) is 54.1 Å². The summed E-state index contributed by atoms with van der Waals surface area (Å²) in [4.78, 5) is 10.8. The maximum atomic E-state index is 10.8. The zero-order valence-corrected chi connectivity index (χ0v) is 24.4. The third-order valence-electron chi connectivity index (χ3n) is 7.60. The van der Waals surface area contributed by atoms with Crippen LogP contribution in [0.2, 0.25) is 6.04 Å². The molecule has 0 bridgehead atoms. The molecule has 37 heavy (non-hydrogen) atoms. The first kappa shape index (κ1) is 29.5. The fourth-order valence-electron chi connectivity index (χ4n) is 5.67. The topological polar surface area (TPSA) is 44.8 Å². The van der Waals surface area contributed by atoms with Crippen molar-refractivity contribution < 1.29 is 18.1 Å². The number of carbonyl (C=O) groups excluding carboxylic acids is 1. The molecule has 1 saturated carbocycles. The molecular weight excluding hydrogens is 476 g/mol. The van der Waals surface area contributed by atoms with E-state index in [-0.39, 0.29) is 0 Å². The largest absolute Gasteiger partial charge is 0.500 e. The fourth-order valence-corrected chi connectivity index (χ4v) is 8.35. The number of allylic oxidation sites excluding steroid dienone is 1. The van der Waals surface area contributed by atoms with Gasteiger partial charge in [0.05, 0.1) is 0 Å². The Morgan fingerprint density at radius 2 is 1.35 bits per heavy atom. The van der Waals surface area contributed by atoms with Crippen molar-refractivity contribution in [2.45, 2.75) is 91.0 Å². The second kappa shape index (κ2) is 15.4. The van der Waals surface area contributed by atoms with Crippen LogP contribution in [0.5, 0.6) is 0 Å². The molecule has 1 fully saturated rings. The van der Waals surface area contributed by atoms with Gasteiger partial charge < -0.3 is 13.3 Å². The molecule has 1 aliphatic rings. The number of hydrogen-bond acceptors (Lipinski definition) is 4. The second-order valence-electron chi connectivity index (χ2n) is 10.3. The molecule has 0 N–H and O–H groups in total. The van der Waals surface area contributed by atoms with Crippen molar-refractivity contribution in [1.29, 1.82) is 0 Å². The number of hydrogen-bond donors (Lipinski definition) is 0. The van der Waals surface area contributed by atoms with Crippen LogP contribution >= 0.6 is 0 Å². The highest BCUT2D eigenvalue weighted by Gasteiger charge is 2.39. The summed E-state index contributed by atoms with van der Waals surface area (Å²) >= 11 is 0. The van der Waals surface area contributed by atoms with Gasteiger partial charge in [0.25, 0.3) is 0 Å². The van der Waals surface area contributed by atoms with Crippen molar-refractivity contribution in [1.82, 2.24) is 0 Å². The van der Waals surface area contributed by atoms with Crippen LogP contribution in [0.25, 0.3) is 11.1 Å². The molecule has 0 atom stereocenters. The van der Waals surface area contributed by atoms with E-state index in [0.29, 0.717) is 32.2 Å². The molecule has 0 heterocycles. The van der Waals surface area contributed by atoms with Gasteiger partial charge in [0, 0.05) is 37.9 Å². The van der Waals surface area contributed by atoms with Gasteiger partial charge >= 0.3 is 8.80 Å². The van der Waals surface area contributed by atoms with E-state index in [0.717, 1.165) is 29.5 Å². The highest BCUT2D eigenvalue weighted by Crippen LogP contribution is 2.38. The van der Waals surface area contributed by atoms with Gasteiger partial charge in [-0.05, 0) is 93.9 Å². The lowest BCUT2D eigenvalue weighted by atomic mass is 9.77. The summed E-state index contributed by atoms with van der Waals surface area (Å²) in [6.45, 7) is 9.88. The minimum Gasteiger partial charge on any atom is -0.374 e. The normalized spacial score (nSPS) is 17.9. The molecule has 0 saturated heterocycles. The SMILES string of the molecule is CCO[Si](CCCCC1CCC(c2ccc(-c3ccc(CC(C)=C=O)cc3)cc2)CC1)(OCC)OCC. The summed E-state index contributed by atoms with van der Waals surface area (Å²) in [6, 6.07) is 18.6. The minimum atomic E-state index is -2.49. The van der Waals surface area contributed by atoms with Gasteiger partial charge in [-0.15, -0.1) is 0 Å². The lowest BCUT2D eigenvalue weighted by Crippen LogP contribution is -2.45. The quantitative estimate of drug-likeness (QED) is 0.134. The average Bonchev–Trinajstić information content (AvgIpc) is 2.92. The van der Waals surface area contributed by atoms with Crippen LogP contribution in [-0.4, -0.2) is 34.6 Å². The lowest BCUT2D eigenvalue weighted by molar-refractivity contribution is 0.0705. The molecule has 5 heteroatoms. The Labute approximate surface area is 225 Å². The molecule has 0 aliphatic heterocycles. The standard InChI is InChI=1S/C32H46O4Si/c1-5-34-37(35-6-2,36-7-3)23-9-8-10-27-11-15-29(16-12-27)31-19-21-32(22-20-31)30-17-13-28(14-18-30)24-26(4)25-33/h13-14,17-22,27,29H,5-12,15-16,23-24H2,1-4H3. The van der Waals surface area contributed by atoms with Gasteiger partial charge in [-0.3, -0.25) is 0 Å². The van der Waals surface area contributed by atoms with E-state index in [1.165, 1.54) is 55.2 Å². The Kier molecular flexibility index (Phi) is 12.3. The van der Waals surface area contributed by atoms with Crippen LogP contribution in [0.3, 0.4) is 0 Å². The van der Waals surface area contributed by atoms with Crippen molar-refractivity contribution in [3.8, 4) is 11.1 Å². The third-order valence-corrected chi connectivity index (χ3v) is 10.7. The molecule has 0 unspecified atom stereocenters. The molecule has 202 valence electrons.